The van der Waals surface area contributed by atoms with Gasteiger partial charge in [-0.2, -0.15) is 11.3 Å². The van der Waals surface area contributed by atoms with Gasteiger partial charge in [-0.1, -0.05) is 0 Å². The number of thiophene rings is 1. The van der Waals surface area contributed by atoms with Crippen LogP contribution in [0.2, 0.25) is 0 Å². The van der Waals surface area contributed by atoms with E-state index in [1.165, 1.54) is 11.3 Å². The van der Waals surface area contributed by atoms with Gasteiger partial charge in [0.25, 0.3) is 0 Å². The summed E-state index contributed by atoms with van der Waals surface area (Å²) in [5.41, 5.74) is 0.100. The van der Waals surface area contributed by atoms with Crippen molar-refractivity contribution in [2.75, 3.05) is 20.3 Å². The lowest BCUT2D eigenvalue weighted by atomic mass is 9.86. The van der Waals surface area contributed by atoms with E-state index in [0.717, 1.165) is 5.56 Å². The van der Waals surface area contributed by atoms with Crippen LogP contribution in [0.15, 0.2) is 16.8 Å². The summed E-state index contributed by atoms with van der Waals surface area (Å²) < 4.78 is 10.7. The van der Waals surface area contributed by atoms with Crippen molar-refractivity contribution in [1.82, 2.24) is 0 Å². The molecule has 0 saturated carbocycles. The van der Waals surface area contributed by atoms with Crippen LogP contribution in [0.5, 0.6) is 0 Å². The number of hydrogen-bond donors (Lipinski definition) is 0. The van der Waals surface area contributed by atoms with Crippen molar-refractivity contribution in [3.63, 3.8) is 0 Å². The SMILES string of the molecule is COC1(C(=O)c2ccsc2)CCOCC1. The minimum absolute atomic E-state index is 0.0922. The van der Waals surface area contributed by atoms with E-state index in [2.05, 4.69) is 0 Å². The summed E-state index contributed by atoms with van der Waals surface area (Å²) in [7, 11) is 1.61. The third-order valence-electron chi connectivity index (χ3n) is 2.89. The number of ether oxygens (including phenoxy) is 2. The molecule has 82 valence electrons. The highest BCUT2D eigenvalue weighted by molar-refractivity contribution is 7.08. The molecule has 2 heterocycles. The quantitative estimate of drug-likeness (QED) is 0.741. The van der Waals surface area contributed by atoms with Crippen LogP contribution in [0, 0.1) is 0 Å². The van der Waals surface area contributed by atoms with Gasteiger partial charge in [-0.25, -0.2) is 0 Å². The molecule has 1 aliphatic heterocycles. The Labute approximate surface area is 93.0 Å². The largest absolute Gasteiger partial charge is 0.381 e. The lowest BCUT2D eigenvalue weighted by Gasteiger charge is -2.34. The van der Waals surface area contributed by atoms with Gasteiger partial charge in [-0.15, -0.1) is 0 Å². The van der Waals surface area contributed by atoms with Crippen LogP contribution in [0.1, 0.15) is 23.2 Å². The number of methoxy groups -OCH3 is 1. The van der Waals surface area contributed by atoms with Gasteiger partial charge >= 0.3 is 0 Å². The summed E-state index contributed by atoms with van der Waals surface area (Å²) in [5.74, 6) is 0.0922. The molecule has 1 aliphatic rings. The van der Waals surface area contributed by atoms with E-state index in [-0.39, 0.29) is 5.78 Å². The maximum atomic E-state index is 12.2. The second-order valence-electron chi connectivity index (χ2n) is 3.65. The average Bonchev–Trinajstić information content (AvgIpc) is 2.82. The van der Waals surface area contributed by atoms with Gasteiger partial charge in [0.05, 0.1) is 0 Å². The minimum Gasteiger partial charge on any atom is -0.381 e. The van der Waals surface area contributed by atoms with Crippen molar-refractivity contribution in [2.24, 2.45) is 0 Å². The molecular weight excluding hydrogens is 212 g/mol. The lowest BCUT2D eigenvalue weighted by molar-refractivity contribution is -0.0662. The molecular formula is C11H14O3S. The standard InChI is InChI=1S/C11H14O3S/c1-13-11(3-5-14-6-4-11)10(12)9-2-7-15-8-9/h2,7-8H,3-6H2,1H3. The second kappa shape index (κ2) is 4.43. The predicted molar refractivity (Wildman–Crippen MR) is 58.4 cm³/mol. The van der Waals surface area contributed by atoms with E-state index >= 15 is 0 Å². The van der Waals surface area contributed by atoms with Gasteiger partial charge < -0.3 is 9.47 Å². The fourth-order valence-corrected chi connectivity index (χ4v) is 2.52. The Morgan fingerprint density at radius 1 is 1.53 bits per heavy atom. The average molecular weight is 226 g/mol. The first-order valence-electron chi connectivity index (χ1n) is 4.98. The normalized spacial score (nSPS) is 20.1. The van der Waals surface area contributed by atoms with Crippen LogP contribution in [0.4, 0.5) is 0 Å². The molecule has 0 atom stereocenters. The Morgan fingerprint density at radius 2 is 2.27 bits per heavy atom. The van der Waals surface area contributed by atoms with Gasteiger partial charge in [-0.05, 0) is 11.4 Å². The fraction of sp³-hybridized carbons (Fsp3) is 0.545. The minimum atomic E-state index is -0.653. The monoisotopic (exact) mass is 226 g/mol. The molecule has 0 aromatic carbocycles. The van der Waals surface area contributed by atoms with Crippen molar-refractivity contribution in [3.05, 3.63) is 22.4 Å². The predicted octanol–water partition coefficient (Wildman–Crippen LogP) is 2.13. The molecule has 3 nitrogen and oxygen atoms in total. The van der Waals surface area contributed by atoms with E-state index in [9.17, 15) is 4.79 Å². The highest BCUT2D eigenvalue weighted by Crippen LogP contribution is 2.29. The van der Waals surface area contributed by atoms with Crippen LogP contribution in [0.25, 0.3) is 0 Å². The summed E-state index contributed by atoms with van der Waals surface area (Å²) in [5, 5.41) is 3.79. The zero-order valence-corrected chi connectivity index (χ0v) is 9.51. The molecule has 1 saturated heterocycles. The Morgan fingerprint density at radius 3 is 2.80 bits per heavy atom. The van der Waals surface area contributed by atoms with Crippen LogP contribution < -0.4 is 0 Å². The zero-order valence-electron chi connectivity index (χ0n) is 8.69. The van der Waals surface area contributed by atoms with Crippen molar-refractivity contribution in [3.8, 4) is 0 Å². The maximum Gasteiger partial charge on any atom is 0.195 e. The van der Waals surface area contributed by atoms with Gasteiger partial charge in [0.15, 0.2) is 5.78 Å². The number of carbonyl (C=O) groups is 1. The lowest BCUT2D eigenvalue weighted by Crippen LogP contribution is -2.45. The molecule has 4 heteroatoms. The summed E-state index contributed by atoms with van der Waals surface area (Å²) in [6, 6.07) is 1.85. The number of rotatable bonds is 3. The van der Waals surface area contributed by atoms with Crippen molar-refractivity contribution in [2.45, 2.75) is 18.4 Å². The van der Waals surface area contributed by atoms with Crippen molar-refractivity contribution < 1.29 is 14.3 Å². The molecule has 0 radical (unpaired) electrons. The molecule has 0 N–H and O–H groups in total. The molecule has 0 aliphatic carbocycles. The Hall–Kier alpha value is -0.710. The van der Waals surface area contributed by atoms with E-state index in [4.69, 9.17) is 9.47 Å². The maximum absolute atomic E-state index is 12.2. The van der Waals surface area contributed by atoms with Gasteiger partial charge in [0.1, 0.15) is 5.60 Å². The van der Waals surface area contributed by atoms with Crippen LogP contribution >= 0.6 is 11.3 Å². The van der Waals surface area contributed by atoms with E-state index < -0.39 is 5.60 Å². The zero-order chi connectivity index (χ0) is 10.7. The van der Waals surface area contributed by atoms with E-state index in [1.54, 1.807) is 7.11 Å². The highest BCUT2D eigenvalue weighted by atomic mass is 32.1. The molecule has 15 heavy (non-hydrogen) atoms. The summed E-state index contributed by atoms with van der Waals surface area (Å²) in [6.07, 6.45) is 1.30. The number of Topliss-reactive ketones (excluding diaryl/α,β-unsaturated/α-hetero) is 1. The first-order chi connectivity index (χ1) is 7.28. The summed E-state index contributed by atoms with van der Waals surface area (Å²) in [6.45, 7) is 1.20. The molecule has 0 unspecified atom stereocenters. The third-order valence-corrected chi connectivity index (χ3v) is 3.57. The van der Waals surface area contributed by atoms with Crippen LogP contribution in [-0.2, 0) is 9.47 Å². The van der Waals surface area contributed by atoms with Crippen molar-refractivity contribution >= 4 is 17.1 Å². The molecule has 0 amide bonds. The fourth-order valence-electron chi connectivity index (χ4n) is 1.88. The summed E-state index contributed by atoms with van der Waals surface area (Å²) in [4.78, 5) is 12.2. The molecule has 0 bridgehead atoms. The second-order valence-corrected chi connectivity index (χ2v) is 4.43. The summed E-state index contributed by atoms with van der Waals surface area (Å²) >= 11 is 1.53. The number of hydrogen-bond acceptors (Lipinski definition) is 4. The first-order valence-corrected chi connectivity index (χ1v) is 5.93. The highest BCUT2D eigenvalue weighted by Gasteiger charge is 2.40. The number of carbonyl (C=O) groups excluding carboxylic acids is 1. The van der Waals surface area contributed by atoms with Crippen LogP contribution in [-0.4, -0.2) is 31.7 Å². The van der Waals surface area contributed by atoms with E-state index in [0.29, 0.717) is 26.1 Å². The Kier molecular flexibility index (Phi) is 3.19. The topological polar surface area (TPSA) is 35.5 Å². The molecule has 1 aromatic heterocycles. The first kappa shape index (κ1) is 10.8. The third kappa shape index (κ3) is 1.97. The molecule has 1 fully saturated rings. The Bertz CT molecular complexity index is 326. The van der Waals surface area contributed by atoms with Gasteiger partial charge in [0.2, 0.25) is 0 Å². The molecule has 1 aromatic rings. The van der Waals surface area contributed by atoms with Crippen molar-refractivity contribution in [1.29, 1.82) is 0 Å². The van der Waals surface area contributed by atoms with Gasteiger partial charge in [-0.3, -0.25) is 4.79 Å². The van der Waals surface area contributed by atoms with Gasteiger partial charge in [0, 0.05) is 44.1 Å². The van der Waals surface area contributed by atoms with E-state index in [1.807, 2.05) is 16.8 Å². The number of ketones is 1. The Balaban J connectivity index is 2.22. The smallest absolute Gasteiger partial charge is 0.195 e. The molecule has 0 spiro atoms. The molecule has 2 rings (SSSR count). The van der Waals surface area contributed by atoms with Crippen LogP contribution in [0.3, 0.4) is 0 Å².